The number of carbonyl (C=O) groups is 3. The highest BCUT2D eigenvalue weighted by Gasteiger charge is 2.22. The van der Waals surface area contributed by atoms with E-state index in [1.54, 1.807) is 42.2 Å². The van der Waals surface area contributed by atoms with Crippen LogP contribution in [0.15, 0.2) is 48.5 Å². The van der Waals surface area contributed by atoms with Crippen LogP contribution in [0.4, 0.5) is 11.4 Å². The molecule has 3 rings (SSSR count). The summed E-state index contributed by atoms with van der Waals surface area (Å²) in [6.45, 7) is 2.10. The third kappa shape index (κ3) is 3.85. The van der Waals surface area contributed by atoms with Gasteiger partial charge in [0.15, 0.2) is 0 Å². The molecule has 3 amide bonds. The van der Waals surface area contributed by atoms with Crippen LogP contribution < -0.4 is 15.5 Å². The SMILES string of the molecule is CC(=O)N1CCc2cc(NC(=O)CNC(=O)c3ccccc3)ccc21. The number of hydrogen-bond donors (Lipinski definition) is 2. The predicted octanol–water partition coefficient (Wildman–Crippen LogP) is 1.96. The Bertz CT molecular complexity index is 818. The Balaban J connectivity index is 1.57. The quantitative estimate of drug-likeness (QED) is 0.895. The first-order valence-electron chi connectivity index (χ1n) is 8.09. The van der Waals surface area contributed by atoms with E-state index in [0.29, 0.717) is 17.8 Å². The maximum absolute atomic E-state index is 12.0. The second-order valence-electron chi connectivity index (χ2n) is 5.86. The molecule has 0 atom stereocenters. The first kappa shape index (κ1) is 16.7. The summed E-state index contributed by atoms with van der Waals surface area (Å²) in [6, 6.07) is 14.2. The molecular formula is C19H19N3O3. The first-order valence-corrected chi connectivity index (χ1v) is 8.09. The fraction of sp³-hybridized carbons (Fsp3) is 0.211. The second kappa shape index (κ2) is 7.17. The van der Waals surface area contributed by atoms with Crippen LogP contribution in [0, 0.1) is 0 Å². The molecule has 0 bridgehead atoms. The third-order valence-corrected chi connectivity index (χ3v) is 4.08. The number of rotatable bonds is 4. The zero-order valence-corrected chi connectivity index (χ0v) is 13.9. The van der Waals surface area contributed by atoms with Gasteiger partial charge in [-0.15, -0.1) is 0 Å². The van der Waals surface area contributed by atoms with Crippen LogP contribution in [0.2, 0.25) is 0 Å². The molecule has 0 saturated heterocycles. The van der Waals surface area contributed by atoms with Crippen LogP contribution in [0.1, 0.15) is 22.8 Å². The van der Waals surface area contributed by atoms with Crippen molar-refractivity contribution in [2.45, 2.75) is 13.3 Å². The van der Waals surface area contributed by atoms with Crippen LogP contribution in [0.3, 0.4) is 0 Å². The Morgan fingerprint density at radius 3 is 2.56 bits per heavy atom. The fourth-order valence-electron chi connectivity index (χ4n) is 2.86. The molecule has 25 heavy (non-hydrogen) atoms. The Morgan fingerprint density at radius 2 is 1.84 bits per heavy atom. The largest absolute Gasteiger partial charge is 0.343 e. The molecule has 0 saturated carbocycles. The molecule has 0 aromatic heterocycles. The first-order chi connectivity index (χ1) is 12.0. The minimum Gasteiger partial charge on any atom is -0.343 e. The minimum atomic E-state index is -0.300. The summed E-state index contributed by atoms with van der Waals surface area (Å²) in [7, 11) is 0. The number of benzene rings is 2. The summed E-state index contributed by atoms with van der Waals surface area (Å²) in [5.41, 5.74) is 3.09. The van der Waals surface area contributed by atoms with E-state index < -0.39 is 0 Å². The van der Waals surface area contributed by atoms with E-state index >= 15 is 0 Å². The number of fused-ring (bicyclic) bond motifs is 1. The van der Waals surface area contributed by atoms with Crippen molar-refractivity contribution in [3.63, 3.8) is 0 Å². The van der Waals surface area contributed by atoms with E-state index in [9.17, 15) is 14.4 Å². The van der Waals surface area contributed by atoms with E-state index in [-0.39, 0.29) is 24.3 Å². The zero-order valence-electron chi connectivity index (χ0n) is 13.9. The average Bonchev–Trinajstić information content (AvgIpc) is 3.04. The summed E-state index contributed by atoms with van der Waals surface area (Å²) < 4.78 is 0. The molecule has 2 aromatic rings. The van der Waals surface area contributed by atoms with Crippen LogP contribution in [-0.2, 0) is 16.0 Å². The molecule has 0 aliphatic carbocycles. The molecule has 128 valence electrons. The summed E-state index contributed by atoms with van der Waals surface area (Å²) in [4.78, 5) is 37.2. The molecule has 0 spiro atoms. The third-order valence-electron chi connectivity index (χ3n) is 4.08. The highest BCUT2D eigenvalue weighted by atomic mass is 16.2. The van der Waals surface area contributed by atoms with E-state index in [1.807, 2.05) is 18.2 Å². The molecule has 0 unspecified atom stereocenters. The number of nitrogens with one attached hydrogen (secondary N) is 2. The fourth-order valence-corrected chi connectivity index (χ4v) is 2.86. The van der Waals surface area contributed by atoms with Crippen LogP contribution in [0.25, 0.3) is 0 Å². The molecule has 1 aliphatic heterocycles. The molecule has 0 radical (unpaired) electrons. The van der Waals surface area contributed by atoms with Crippen molar-refractivity contribution in [1.29, 1.82) is 0 Å². The molecule has 2 N–H and O–H groups in total. The monoisotopic (exact) mass is 337 g/mol. The molecule has 2 aromatic carbocycles. The lowest BCUT2D eigenvalue weighted by atomic mass is 10.1. The van der Waals surface area contributed by atoms with Gasteiger partial charge in [-0.25, -0.2) is 0 Å². The normalized spacial score (nSPS) is 12.4. The number of hydrogen-bond acceptors (Lipinski definition) is 3. The maximum atomic E-state index is 12.0. The molecule has 6 heteroatoms. The average molecular weight is 337 g/mol. The second-order valence-corrected chi connectivity index (χ2v) is 5.86. The number of nitrogens with zero attached hydrogens (tertiary/aromatic N) is 1. The van der Waals surface area contributed by atoms with Gasteiger partial charge in [-0.2, -0.15) is 0 Å². The van der Waals surface area contributed by atoms with Crippen molar-refractivity contribution in [3.8, 4) is 0 Å². The number of anilines is 2. The highest BCUT2D eigenvalue weighted by Crippen LogP contribution is 2.30. The lowest BCUT2D eigenvalue weighted by Crippen LogP contribution is -2.32. The van der Waals surface area contributed by atoms with Crippen molar-refractivity contribution >= 4 is 29.1 Å². The van der Waals surface area contributed by atoms with Gasteiger partial charge in [0.05, 0.1) is 6.54 Å². The van der Waals surface area contributed by atoms with Gasteiger partial charge in [0, 0.05) is 30.4 Å². The molecule has 6 nitrogen and oxygen atoms in total. The highest BCUT2D eigenvalue weighted by molar-refractivity contribution is 6.00. The van der Waals surface area contributed by atoms with Gasteiger partial charge in [0.1, 0.15) is 0 Å². The van der Waals surface area contributed by atoms with Gasteiger partial charge in [0.25, 0.3) is 5.91 Å². The molecular weight excluding hydrogens is 318 g/mol. The summed E-state index contributed by atoms with van der Waals surface area (Å²) >= 11 is 0. The standard InChI is InChI=1S/C19H19N3O3/c1-13(23)22-10-9-15-11-16(7-8-17(15)22)21-18(24)12-20-19(25)14-5-3-2-4-6-14/h2-8,11H,9-10,12H2,1H3,(H,20,25)(H,21,24). The Labute approximate surface area is 145 Å². The maximum Gasteiger partial charge on any atom is 0.251 e. The van der Waals surface area contributed by atoms with Gasteiger partial charge in [-0.05, 0) is 42.3 Å². The Hall–Kier alpha value is -3.15. The summed E-state index contributed by atoms with van der Waals surface area (Å²) in [6.07, 6.45) is 0.767. The summed E-state index contributed by atoms with van der Waals surface area (Å²) in [5.74, 6) is -0.577. The van der Waals surface area contributed by atoms with Crippen molar-refractivity contribution in [3.05, 3.63) is 59.7 Å². The molecule has 1 heterocycles. The van der Waals surface area contributed by atoms with Crippen molar-refractivity contribution < 1.29 is 14.4 Å². The molecule has 0 fully saturated rings. The lowest BCUT2D eigenvalue weighted by Gasteiger charge is -2.15. The van der Waals surface area contributed by atoms with Gasteiger partial charge in [0.2, 0.25) is 11.8 Å². The van der Waals surface area contributed by atoms with Crippen LogP contribution in [-0.4, -0.2) is 30.8 Å². The van der Waals surface area contributed by atoms with E-state index in [4.69, 9.17) is 0 Å². The smallest absolute Gasteiger partial charge is 0.251 e. The van der Waals surface area contributed by atoms with Crippen molar-refractivity contribution in [2.75, 3.05) is 23.3 Å². The number of carbonyl (C=O) groups excluding carboxylic acids is 3. The topological polar surface area (TPSA) is 78.5 Å². The van der Waals surface area contributed by atoms with Gasteiger partial charge in [-0.1, -0.05) is 18.2 Å². The van der Waals surface area contributed by atoms with E-state index in [0.717, 1.165) is 17.7 Å². The Kier molecular flexibility index (Phi) is 4.79. The minimum absolute atomic E-state index is 0.0131. The van der Waals surface area contributed by atoms with Crippen LogP contribution in [0.5, 0.6) is 0 Å². The summed E-state index contributed by atoms with van der Waals surface area (Å²) in [5, 5.41) is 5.35. The van der Waals surface area contributed by atoms with Crippen molar-refractivity contribution in [1.82, 2.24) is 5.32 Å². The predicted molar refractivity (Wildman–Crippen MR) is 95.6 cm³/mol. The van der Waals surface area contributed by atoms with Gasteiger partial charge >= 0.3 is 0 Å². The zero-order chi connectivity index (χ0) is 17.8. The number of amides is 3. The van der Waals surface area contributed by atoms with Gasteiger partial charge < -0.3 is 15.5 Å². The lowest BCUT2D eigenvalue weighted by molar-refractivity contribution is -0.116. The van der Waals surface area contributed by atoms with Crippen molar-refractivity contribution in [2.24, 2.45) is 0 Å². The van der Waals surface area contributed by atoms with Gasteiger partial charge in [-0.3, -0.25) is 14.4 Å². The van der Waals surface area contributed by atoms with Crippen LogP contribution >= 0.6 is 0 Å². The Morgan fingerprint density at radius 1 is 1.08 bits per heavy atom. The van der Waals surface area contributed by atoms with E-state index in [2.05, 4.69) is 10.6 Å². The van der Waals surface area contributed by atoms with E-state index in [1.165, 1.54) is 0 Å². The molecule has 1 aliphatic rings.